The van der Waals surface area contributed by atoms with E-state index in [2.05, 4.69) is 40.3 Å². The lowest BCUT2D eigenvalue weighted by Crippen LogP contribution is -2.38. The Kier molecular flexibility index (Phi) is 5.24. The van der Waals surface area contributed by atoms with Crippen molar-refractivity contribution in [2.45, 2.75) is 44.4 Å². The summed E-state index contributed by atoms with van der Waals surface area (Å²) in [7, 11) is 0. The molecule has 1 aromatic carbocycles. The largest absolute Gasteiger partial charge is 0.390 e. The lowest BCUT2D eigenvalue weighted by atomic mass is 10.0. The summed E-state index contributed by atoms with van der Waals surface area (Å²) in [5.41, 5.74) is 1.41. The van der Waals surface area contributed by atoms with Crippen LogP contribution in [0.25, 0.3) is 0 Å². The number of hydrogen-bond donors (Lipinski definition) is 1. The van der Waals surface area contributed by atoms with Crippen molar-refractivity contribution in [3.8, 4) is 0 Å². The molecule has 1 aliphatic rings. The van der Waals surface area contributed by atoms with Crippen LogP contribution in [-0.4, -0.2) is 45.0 Å². The van der Waals surface area contributed by atoms with Gasteiger partial charge in [-0.2, -0.15) is 5.10 Å². The minimum absolute atomic E-state index is 0.350. The van der Waals surface area contributed by atoms with Crippen molar-refractivity contribution in [3.63, 3.8) is 0 Å². The normalized spacial score (nSPS) is 20.3. The first-order valence-corrected chi connectivity index (χ1v) is 8.25. The minimum Gasteiger partial charge on any atom is -0.390 e. The van der Waals surface area contributed by atoms with E-state index in [0.29, 0.717) is 12.6 Å². The zero-order valence-corrected chi connectivity index (χ0v) is 13.0. The Labute approximate surface area is 132 Å². The Morgan fingerprint density at radius 3 is 2.82 bits per heavy atom. The number of benzene rings is 1. The van der Waals surface area contributed by atoms with Crippen LogP contribution in [0.4, 0.5) is 0 Å². The van der Waals surface area contributed by atoms with Crippen LogP contribution in [0, 0.1) is 0 Å². The van der Waals surface area contributed by atoms with Crippen LogP contribution in [0.1, 0.15) is 24.8 Å². The lowest BCUT2D eigenvalue weighted by molar-refractivity contribution is 0.0874. The summed E-state index contributed by atoms with van der Waals surface area (Å²) in [4.78, 5) is 2.46. The van der Waals surface area contributed by atoms with Gasteiger partial charge < -0.3 is 5.11 Å². The molecule has 1 aromatic heterocycles. The number of aromatic nitrogens is 2. The van der Waals surface area contributed by atoms with Crippen LogP contribution in [0.5, 0.6) is 0 Å². The van der Waals surface area contributed by atoms with Gasteiger partial charge in [-0.15, -0.1) is 0 Å². The second kappa shape index (κ2) is 7.56. The average Bonchev–Trinajstić information content (AvgIpc) is 3.18. The second-order valence-corrected chi connectivity index (χ2v) is 6.20. The molecule has 0 aliphatic carbocycles. The molecule has 0 unspecified atom stereocenters. The van der Waals surface area contributed by atoms with Gasteiger partial charge >= 0.3 is 0 Å². The third-order valence-corrected chi connectivity index (χ3v) is 4.51. The maximum atomic E-state index is 10.3. The molecule has 1 saturated heterocycles. The quantitative estimate of drug-likeness (QED) is 0.853. The van der Waals surface area contributed by atoms with Crippen LogP contribution in [-0.2, 0) is 13.0 Å². The van der Waals surface area contributed by atoms with E-state index in [0.717, 1.165) is 19.5 Å². The summed E-state index contributed by atoms with van der Waals surface area (Å²) < 4.78 is 1.81. The van der Waals surface area contributed by atoms with E-state index in [-0.39, 0.29) is 6.10 Å². The van der Waals surface area contributed by atoms with Gasteiger partial charge in [0, 0.05) is 25.0 Å². The van der Waals surface area contributed by atoms with E-state index >= 15 is 0 Å². The highest BCUT2D eigenvalue weighted by atomic mass is 16.3. The molecule has 1 fully saturated rings. The molecule has 0 bridgehead atoms. The van der Waals surface area contributed by atoms with Crippen LogP contribution < -0.4 is 0 Å². The molecule has 118 valence electrons. The van der Waals surface area contributed by atoms with Crippen molar-refractivity contribution in [2.75, 3.05) is 13.1 Å². The molecule has 0 saturated carbocycles. The standard InChI is InChI=1S/C18H25N3O/c22-18(15-21-13-5-11-19-21)14-20-12-4-8-17(20)10-9-16-6-2-1-3-7-16/h1-3,5-7,11,13,17-18,22H,4,8-10,12,14-15H2/t17-,18-/m1/s1. The van der Waals surface area contributed by atoms with E-state index in [4.69, 9.17) is 0 Å². The molecule has 4 nitrogen and oxygen atoms in total. The molecular weight excluding hydrogens is 274 g/mol. The molecule has 3 rings (SSSR count). The van der Waals surface area contributed by atoms with Crippen LogP contribution >= 0.6 is 0 Å². The summed E-state index contributed by atoms with van der Waals surface area (Å²) in [6, 6.07) is 13.2. The van der Waals surface area contributed by atoms with Crippen LogP contribution in [0.2, 0.25) is 0 Å². The first kappa shape index (κ1) is 15.3. The average molecular weight is 299 g/mol. The number of aliphatic hydroxyl groups excluding tert-OH is 1. The van der Waals surface area contributed by atoms with Gasteiger partial charge in [0.2, 0.25) is 0 Å². The first-order valence-electron chi connectivity index (χ1n) is 8.25. The lowest BCUT2D eigenvalue weighted by Gasteiger charge is -2.27. The van der Waals surface area contributed by atoms with Crippen LogP contribution in [0.15, 0.2) is 48.8 Å². The molecule has 2 aromatic rings. The van der Waals surface area contributed by atoms with Gasteiger partial charge in [0.05, 0.1) is 12.6 Å². The fourth-order valence-electron chi connectivity index (χ4n) is 3.39. The van der Waals surface area contributed by atoms with Gasteiger partial charge in [0.1, 0.15) is 0 Å². The molecule has 22 heavy (non-hydrogen) atoms. The number of aryl methyl sites for hydroxylation is 1. The Morgan fingerprint density at radius 1 is 1.18 bits per heavy atom. The zero-order chi connectivity index (χ0) is 15.2. The molecule has 1 aliphatic heterocycles. The van der Waals surface area contributed by atoms with E-state index in [1.54, 1.807) is 10.9 Å². The molecule has 0 amide bonds. The first-order chi connectivity index (χ1) is 10.8. The molecule has 0 spiro atoms. The van der Waals surface area contributed by atoms with Crippen molar-refractivity contribution in [1.82, 2.24) is 14.7 Å². The Balaban J connectivity index is 1.47. The van der Waals surface area contributed by atoms with Crippen molar-refractivity contribution < 1.29 is 5.11 Å². The van der Waals surface area contributed by atoms with E-state index in [1.165, 1.54) is 24.8 Å². The number of aliphatic hydroxyl groups is 1. The summed E-state index contributed by atoms with van der Waals surface area (Å²) in [6.45, 7) is 2.43. The van der Waals surface area contributed by atoms with E-state index in [1.807, 2.05) is 12.3 Å². The van der Waals surface area contributed by atoms with Crippen LogP contribution in [0.3, 0.4) is 0 Å². The third kappa shape index (κ3) is 4.18. The summed E-state index contributed by atoms with van der Waals surface area (Å²) in [5.74, 6) is 0. The Bertz CT molecular complexity index is 541. The molecule has 0 radical (unpaired) electrons. The van der Waals surface area contributed by atoms with Gasteiger partial charge in [-0.05, 0) is 43.9 Å². The minimum atomic E-state index is -0.350. The fourth-order valence-corrected chi connectivity index (χ4v) is 3.39. The maximum Gasteiger partial charge on any atom is 0.0862 e. The SMILES string of the molecule is O[C@H](CN1CCC[C@@H]1CCc1ccccc1)Cn1cccn1. The van der Waals surface area contributed by atoms with E-state index < -0.39 is 0 Å². The predicted octanol–water partition coefficient (Wildman–Crippen LogP) is 2.34. The van der Waals surface area contributed by atoms with E-state index in [9.17, 15) is 5.11 Å². The third-order valence-electron chi connectivity index (χ3n) is 4.51. The van der Waals surface area contributed by atoms with Crippen molar-refractivity contribution >= 4 is 0 Å². The number of β-amino-alcohol motifs (C(OH)–C–C–N with tert-alkyl or cyclic N) is 1. The highest BCUT2D eigenvalue weighted by Gasteiger charge is 2.26. The highest BCUT2D eigenvalue weighted by molar-refractivity contribution is 5.14. The molecule has 4 heteroatoms. The molecular formula is C18H25N3O. The smallest absolute Gasteiger partial charge is 0.0862 e. The Hall–Kier alpha value is -1.65. The monoisotopic (exact) mass is 299 g/mol. The van der Waals surface area contributed by atoms with Gasteiger partial charge in [-0.1, -0.05) is 30.3 Å². The highest BCUT2D eigenvalue weighted by Crippen LogP contribution is 2.22. The van der Waals surface area contributed by atoms with Gasteiger partial charge in [0.25, 0.3) is 0 Å². The number of hydrogen-bond acceptors (Lipinski definition) is 3. The number of likely N-dealkylation sites (tertiary alicyclic amines) is 1. The predicted molar refractivity (Wildman–Crippen MR) is 87.6 cm³/mol. The van der Waals surface area contributed by atoms with Gasteiger partial charge in [-0.25, -0.2) is 0 Å². The summed E-state index contributed by atoms with van der Waals surface area (Å²) >= 11 is 0. The molecule has 2 heterocycles. The van der Waals surface area contributed by atoms with Gasteiger partial charge in [-0.3, -0.25) is 9.58 Å². The second-order valence-electron chi connectivity index (χ2n) is 6.20. The Morgan fingerprint density at radius 2 is 2.05 bits per heavy atom. The molecule has 1 N–H and O–H groups in total. The summed E-state index contributed by atoms with van der Waals surface area (Å²) in [6.07, 6.45) is 8.10. The van der Waals surface area contributed by atoms with Crippen molar-refractivity contribution in [1.29, 1.82) is 0 Å². The molecule has 2 atom stereocenters. The maximum absolute atomic E-state index is 10.3. The number of nitrogens with zero attached hydrogens (tertiary/aromatic N) is 3. The summed E-state index contributed by atoms with van der Waals surface area (Å²) in [5, 5.41) is 14.4. The number of rotatable bonds is 7. The zero-order valence-electron chi connectivity index (χ0n) is 13.0. The topological polar surface area (TPSA) is 41.3 Å². The van der Waals surface area contributed by atoms with Crippen molar-refractivity contribution in [3.05, 3.63) is 54.4 Å². The fraction of sp³-hybridized carbons (Fsp3) is 0.500. The van der Waals surface area contributed by atoms with Crippen molar-refractivity contribution in [2.24, 2.45) is 0 Å². The van der Waals surface area contributed by atoms with Gasteiger partial charge in [0.15, 0.2) is 0 Å².